The fraction of sp³-hybridized carbons (Fsp3) is 1.00. The van der Waals surface area contributed by atoms with Gasteiger partial charge in [-0.2, -0.15) is 16.8 Å². The van der Waals surface area contributed by atoms with Crippen molar-refractivity contribution in [2.75, 3.05) is 6.61 Å². The molecule has 2 unspecified atom stereocenters. The van der Waals surface area contributed by atoms with Crippen LogP contribution in [-0.4, -0.2) is 32.2 Å². The van der Waals surface area contributed by atoms with Crippen molar-refractivity contribution in [3.63, 3.8) is 0 Å². The number of rotatable bonds is 16. The van der Waals surface area contributed by atoms with Gasteiger partial charge in [0.15, 0.2) is 0 Å². The maximum Gasteiger partial charge on any atom is 0.409 e. The standard InChI is InChI=1S/C19H38O6S/c1-4-17(3)15-13-11-9-7-6-8-10-12-14-16-18(23-5-2)19(20)24-26(21,22)25-19/h17-18,20H,4-16H2,1-3H3. The van der Waals surface area contributed by atoms with Gasteiger partial charge >= 0.3 is 16.4 Å². The number of aliphatic hydroxyl groups is 1. The van der Waals surface area contributed by atoms with E-state index in [1.807, 2.05) is 0 Å². The lowest BCUT2D eigenvalue weighted by Crippen LogP contribution is -2.59. The minimum Gasteiger partial charge on any atom is -0.370 e. The van der Waals surface area contributed by atoms with E-state index in [1.165, 1.54) is 51.4 Å². The van der Waals surface area contributed by atoms with E-state index in [0.717, 1.165) is 25.2 Å². The van der Waals surface area contributed by atoms with Gasteiger partial charge in [0, 0.05) is 6.61 Å². The van der Waals surface area contributed by atoms with Crippen molar-refractivity contribution in [1.82, 2.24) is 0 Å². The molecule has 0 aliphatic carbocycles. The lowest BCUT2D eigenvalue weighted by molar-refractivity contribution is -0.372. The molecular weight excluding hydrogens is 356 g/mol. The molecule has 1 rings (SSSR count). The molecule has 0 aromatic rings. The van der Waals surface area contributed by atoms with Crippen molar-refractivity contribution in [3.05, 3.63) is 0 Å². The zero-order valence-electron chi connectivity index (χ0n) is 16.7. The van der Waals surface area contributed by atoms with E-state index in [1.54, 1.807) is 6.92 Å². The summed E-state index contributed by atoms with van der Waals surface area (Å²) in [7, 11) is -4.04. The maximum atomic E-state index is 10.9. The Kier molecular flexibility index (Phi) is 11.3. The van der Waals surface area contributed by atoms with Gasteiger partial charge in [0.1, 0.15) is 6.10 Å². The maximum absolute atomic E-state index is 10.9. The van der Waals surface area contributed by atoms with E-state index in [9.17, 15) is 13.5 Å². The third kappa shape index (κ3) is 9.13. The zero-order valence-corrected chi connectivity index (χ0v) is 17.6. The largest absolute Gasteiger partial charge is 0.409 e. The second-order valence-corrected chi connectivity index (χ2v) is 8.57. The Morgan fingerprint density at radius 1 is 0.885 bits per heavy atom. The minimum absolute atomic E-state index is 0.358. The number of ether oxygens (including phenoxy) is 1. The molecule has 1 aliphatic heterocycles. The van der Waals surface area contributed by atoms with Crippen molar-refractivity contribution in [3.8, 4) is 0 Å². The topological polar surface area (TPSA) is 82.1 Å². The second kappa shape index (κ2) is 12.3. The van der Waals surface area contributed by atoms with E-state index in [2.05, 4.69) is 22.2 Å². The molecule has 0 spiro atoms. The molecule has 0 saturated carbocycles. The zero-order chi connectivity index (χ0) is 19.5. The van der Waals surface area contributed by atoms with Gasteiger partial charge < -0.3 is 9.84 Å². The van der Waals surface area contributed by atoms with Crippen LogP contribution in [0.3, 0.4) is 0 Å². The first-order valence-corrected chi connectivity index (χ1v) is 11.7. The molecule has 0 aromatic heterocycles. The van der Waals surface area contributed by atoms with Crippen LogP contribution in [0.1, 0.15) is 97.8 Å². The summed E-state index contributed by atoms with van der Waals surface area (Å²) in [6.45, 7) is 6.73. The molecule has 26 heavy (non-hydrogen) atoms. The summed E-state index contributed by atoms with van der Waals surface area (Å²) >= 11 is 0. The van der Waals surface area contributed by atoms with Crippen LogP contribution in [0.25, 0.3) is 0 Å². The van der Waals surface area contributed by atoms with Crippen LogP contribution in [0.5, 0.6) is 0 Å². The Balaban J connectivity index is 2.00. The van der Waals surface area contributed by atoms with Gasteiger partial charge in [-0.25, -0.2) is 0 Å². The summed E-state index contributed by atoms with van der Waals surface area (Å²) in [6, 6.07) is 0. The van der Waals surface area contributed by atoms with Crippen LogP contribution in [-0.2, 0) is 23.5 Å². The second-order valence-electron chi connectivity index (χ2n) is 7.42. The number of hydrogen-bond acceptors (Lipinski definition) is 6. The summed E-state index contributed by atoms with van der Waals surface area (Å²) < 4.78 is 36.2. The van der Waals surface area contributed by atoms with Gasteiger partial charge in [0.25, 0.3) is 0 Å². The molecule has 6 nitrogen and oxygen atoms in total. The van der Waals surface area contributed by atoms with E-state index >= 15 is 0 Å². The van der Waals surface area contributed by atoms with Crippen molar-refractivity contribution < 1.29 is 26.6 Å². The number of unbranched alkanes of at least 4 members (excludes halogenated alkanes) is 8. The molecule has 1 aliphatic rings. The third-order valence-corrected chi connectivity index (χ3v) is 5.96. The summed E-state index contributed by atoms with van der Waals surface area (Å²) in [6.07, 6.45) is 13.2. The highest BCUT2D eigenvalue weighted by Gasteiger charge is 2.57. The molecule has 0 amide bonds. The predicted molar refractivity (Wildman–Crippen MR) is 102 cm³/mol. The molecule has 156 valence electrons. The smallest absolute Gasteiger partial charge is 0.370 e. The molecular formula is C19H38O6S. The SMILES string of the molecule is CCOC(CCCCCCCCCCCC(C)CC)C1(O)OS(=O)(=O)O1. The average Bonchev–Trinajstić information content (AvgIpc) is 2.56. The molecule has 0 radical (unpaired) electrons. The summed E-state index contributed by atoms with van der Waals surface area (Å²) in [5.41, 5.74) is 0. The molecule has 1 N–H and O–H groups in total. The van der Waals surface area contributed by atoms with Crippen LogP contribution in [0, 0.1) is 5.92 Å². The van der Waals surface area contributed by atoms with Crippen LogP contribution in [0.4, 0.5) is 0 Å². The van der Waals surface area contributed by atoms with Crippen LogP contribution >= 0.6 is 0 Å². The van der Waals surface area contributed by atoms with Crippen molar-refractivity contribution in [2.24, 2.45) is 5.92 Å². The highest BCUT2D eigenvalue weighted by atomic mass is 32.3. The predicted octanol–water partition coefficient (Wildman–Crippen LogP) is 4.67. The highest BCUT2D eigenvalue weighted by Crippen LogP contribution is 2.35. The Hall–Kier alpha value is -0.210. The van der Waals surface area contributed by atoms with Gasteiger partial charge in [-0.1, -0.05) is 84.5 Å². The lowest BCUT2D eigenvalue weighted by atomic mass is 9.99. The van der Waals surface area contributed by atoms with E-state index in [-0.39, 0.29) is 0 Å². The fourth-order valence-corrected chi connectivity index (χ4v) is 4.05. The first kappa shape index (κ1) is 23.8. The van der Waals surface area contributed by atoms with Gasteiger partial charge in [0.05, 0.1) is 0 Å². The lowest BCUT2D eigenvalue weighted by Gasteiger charge is -2.39. The molecule has 0 bridgehead atoms. The summed E-state index contributed by atoms with van der Waals surface area (Å²) in [5, 5.41) is 9.98. The summed E-state index contributed by atoms with van der Waals surface area (Å²) in [5.74, 6) is -1.28. The van der Waals surface area contributed by atoms with E-state index in [4.69, 9.17) is 4.74 Å². The monoisotopic (exact) mass is 394 g/mol. The molecule has 2 atom stereocenters. The van der Waals surface area contributed by atoms with E-state index < -0.39 is 22.5 Å². The molecule has 1 heterocycles. The normalized spacial score (nSPS) is 20.5. The Morgan fingerprint density at radius 2 is 1.35 bits per heavy atom. The Morgan fingerprint density at radius 3 is 1.77 bits per heavy atom. The first-order chi connectivity index (χ1) is 12.3. The molecule has 7 heteroatoms. The fourth-order valence-electron chi connectivity index (χ4n) is 3.24. The van der Waals surface area contributed by atoms with Gasteiger partial charge in [0.2, 0.25) is 0 Å². The Bertz CT molecular complexity index is 453. The van der Waals surface area contributed by atoms with Gasteiger partial charge in [-0.3, -0.25) is 0 Å². The minimum atomic E-state index is -4.04. The van der Waals surface area contributed by atoms with Crippen molar-refractivity contribution in [1.29, 1.82) is 0 Å². The Labute approximate surface area is 159 Å². The molecule has 1 fully saturated rings. The van der Waals surface area contributed by atoms with E-state index in [0.29, 0.717) is 13.0 Å². The van der Waals surface area contributed by atoms with Crippen molar-refractivity contribution >= 4 is 10.4 Å². The van der Waals surface area contributed by atoms with Crippen LogP contribution in [0.2, 0.25) is 0 Å². The first-order valence-electron chi connectivity index (χ1n) is 10.3. The third-order valence-electron chi connectivity index (χ3n) is 5.08. The van der Waals surface area contributed by atoms with Gasteiger partial charge in [-0.15, -0.1) is 0 Å². The van der Waals surface area contributed by atoms with Crippen LogP contribution in [0.15, 0.2) is 0 Å². The van der Waals surface area contributed by atoms with Crippen LogP contribution < -0.4 is 0 Å². The quantitative estimate of drug-likeness (QED) is 0.383. The molecule has 1 saturated heterocycles. The average molecular weight is 395 g/mol. The number of hydrogen-bond donors (Lipinski definition) is 1. The summed E-state index contributed by atoms with van der Waals surface area (Å²) in [4.78, 5) is 0. The highest BCUT2D eigenvalue weighted by molar-refractivity contribution is 7.82. The van der Waals surface area contributed by atoms with Gasteiger partial charge in [-0.05, 0) is 19.3 Å². The molecule has 0 aromatic carbocycles. The van der Waals surface area contributed by atoms with Crippen molar-refractivity contribution in [2.45, 2.75) is 110 Å².